The summed E-state index contributed by atoms with van der Waals surface area (Å²) in [6, 6.07) is 9.57. The van der Waals surface area contributed by atoms with Gasteiger partial charge in [0, 0.05) is 48.1 Å². The van der Waals surface area contributed by atoms with Crippen molar-refractivity contribution < 1.29 is 22.7 Å². The largest absolute Gasteiger partial charge is 0.496 e. The van der Waals surface area contributed by atoms with Gasteiger partial charge in [-0.3, -0.25) is 4.79 Å². The second-order valence-electron chi connectivity index (χ2n) is 6.87. The Labute approximate surface area is 187 Å². The lowest BCUT2D eigenvalue weighted by Crippen LogP contribution is -2.25. The van der Waals surface area contributed by atoms with Crippen molar-refractivity contribution in [2.45, 2.75) is 19.3 Å². The number of likely N-dealkylation sites (N-methyl/N-ethyl adjacent to an activating group) is 1. The minimum atomic E-state index is -4.67. The molecule has 3 rings (SSSR count). The number of ether oxygens (including phenoxy) is 1. The van der Waals surface area contributed by atoms with E-state index in [0.717, 1.165) is 28.7 Å². The van der Waals surface area contributed by atoms with Gasteiger partial charge in [0.1, 0.15) is 11.4 Å². The van der Waals surface area contributed by atoms with E-state index in [9.17, 15) is 18.0 Å². The van der Waals surface area contributed by atoms with Crippen LogP contribution in [0.5, 0.6) is 5.75 Å². The van der Waals surface area contributed by atoms with E-state index in [2.05, 4.69) is 21.0 Å². The number of aromatic nitrogens is 2. The molecule has 172 valence electrons. The number of nitrogens with one attached hydrogen (secondary N) is 3. The number of carbonyl (C=O) groups excluding carboxylic acids is 1. The van der Waals surface area contributed by atoms with Gasteiger partial charge in [-0.2, -0.15) is 18.3 Å². The third-order valence-electron chi connectivity index (χ3n) is 4.60. The fourth-order valence-electron chi connectivity index (χ4n) is 2.99. The predicted octanol–water partition coefficient (Wildman–Crippen LogP) is 3.20. The first-order chi connectivity index (χ1) is 15.3. The molecule has 0 aliphatic rings. The maximum atomic E-state index is 13.3. The molecular weight excluding hydrogens is 443 g/mol. The number of para-hydroxylation sites is 1. The van der Waals surface area contributed by atoms with Gasteiger partial charge in [-0.05, 0) is 19.2 Å². The maximum Gasteiger partial charge on any atom is 0.435 e. The SMILES string of the molecule is CNCCNCc1cc(-n2nc(C(F)(F)F)cc2C(=O)NCc2ccccc2OC)cs1. The Morgan fingerprint density at radius 2 is 1.97 bits per heavy atom. The number of nitrogens with zero attached hydrogens (tertiary/aromatic N) is 2. The second kappa shape index (κ2) is 10.6. The second-order valence-corrected chi connectivity index (χ2v) is 7.87. The van der Waals surface area contributed by atoms with Crippen molar-refractivity contribution in [3.05, 3.63) is 63.6 Å². The van der Waals surface area contributed by atoms with Crippen LogP contribution in [0.25, 0.3) is 5.69 Å². The molecule has 0 aliphatic heterocycles. The van der Waals surface area contributed by atoms with Crippen LogP contribution in [-0.2, 0) is 19.3 Å². The molecule has 7 nitrogen and oxygen atoms in total. The molecule has 0 fully saturated rings. The van der Waals surface area contributed by atoms with Gasteiger partial charge in [0.05, 0.1) is 12.8 Å². The van der Waals surface area contributed by atoms with Crippen LogP contribution in [0.3, 0.4) is 0 Å². The lowest BCUT2D eigenvalue weighted by atomic mass is 10.2. The summed E-state index contributed by atoms with van der Waals surface area (Å²) >= 11 is 1.38. The topological polar surface area (TPSA) is 80.2 Å². The lowest BCUT2D eigenvalue weighted by molar-refractivity contribution is -0.141. The highest BCUT2D eigenvalue weighted by Crippen LogP contribution is 2.30. The predicted molar refractivity (Wildman–Crippen MR) is 116 cm³/mol. The van der Waals surface area contributed by atoms with Gasteiger partial charge in [0.2, 0.25) is 0 Å². The zero-order valence-corrected chi connectivity index (χ0v) is 18.4. The smallest absolute Gasteiger partial charge is 0.435 e. The van der Waals surface area contributed by atoms with Gasteiger partial charge in [0.15, 0.2) is 5.69 Å². The van der Waals surface area contributed by atoms with E-state index in [0.29, 0.717) is 23.5 Å². The molecule has 1 amide bonds. The molecule has 1 aromatic carbocycles. The highest BCUT2D eigenvalue weighted by atomic mass is 32.1. The van der Waals surface area contributed by atoms with Crippen LogP contribution in [0.15, 0.2) is 41.8 Å². The van der Waals surface area contributed by atoms with Crippen molar-refractivity contribution in [3.63, 3.8) is 0 Å². The van der Waals surface area contributed by atoms with Gasteiger partial charge in [0.25, 0.3) is 5.91 Å². The Hall–Kier alpha value is -2.89. The first-order valence-corrected chi connectivity index (χ1v) is 10.7. The highest BCUT2D eigenvalue weighted by Gasteiger charge is 2.36. The summed E-state index contributed by atoms with van der Waals surface area (Å²) in [5, 5.41) is 14.3. The number of hydrogen-bond donors (Lipinski definition) is 3. The zero-order chi connectivity index (χ0) is 23.1. The number of amides is 1. The normalized spacial score (nSPS) is 11.5. The maximum absolute atomic E-state index is 13.3. The van der Waals surface area contributed by atoms with Crippen molar-refractivity contribution in [1.29, 1.82) is 0 Å². The molecule has 11 heteroatoms. The summed E-state index contributed by atoms with van der Waals surface area (Å²) in [6.45, 7) is 2.21. The average molecular weight is 468 g/mol. The van der Waals surface area contributed by atoms with Crippen molar-refractivity contribution in [3.8, 4) is 11.4 Å². The summed E-state index contributed by atoms with van der Waals surface area (Å²) < 4.78 is 46.2. The van der Waals surface area contributed by atoms with Crippen molar-refractivity contribution in [1.82, 2.24) is 25.7 Å². The molecule has 0 spiro atoms. The number of alkyl halides is 3. The third kappa shape index (κ3) is 5.87. The fraction of sp³-hybridized carbons (Fsp3) is 0.333. The van der Waals surface area contributed by atoms with Gasteiger partial charge in [-0.1, -0.05) is 18.2 Å². The summed E-state index contributed by atoms with van der Waals surface area (Å²) in [7, 11) is 3.36. The van der Waals surface area contributed by atoms with Gasteiger partial charge >= 0.3 is 6.18 Å². The summed E-state index contributed by atoms with van der Waals surface area (Å²) in [5.74, 6) is -0.0932. The van der Waals surface area contributed by atoms with Crippen molar-refractivity contribution in [2.75, 3.05) is 27.2 Å². The molecule has 0 radical (unpaired) electrons. The standard InChI is InChI=1S/C21H24F3N5O2S/c1-25-7-8-26-12-16-9-15(13-32-16)29-17(10-19(28-29)21(22,23)24)20(30)27-11-14-5-3-4-6-18(14)31-2/h3-6,9-10,13,25-26H,7-8,11-12H2,1-2H3,(H,27,30). The number of thiophene rings is 1. The Balaban J connectivity index is 1.82. The quantitative estimate of drug-likeness (QED) is 0.399. The van der Waals surface area contributed by atoms with E-state index in [4.69, 9.17) is 4.74 Å². The molecule has 3 aromatic rings. The van der Waals surface area contributed by atoms with Gasteiger partial charge < -0.3 is 20.7 Å². The highest BCUT2D eigenvalue weighted by molar-refractivity contribution is 7.10. The van der Waals surface area contributed by atoms with Crippen LogP contribution in [-0.4, -0.2) is 42.9 Å². The minimum absolute atomic E-state index is 0.0969. The summed E-state index contributed by atoms with van der Waals surface area (Å²) in [6.07, 6.45) is -4.67. The number of halogens is 3. The van der Waals surface area contributed by atoms with Crippen molar-refractivity contribution >= 4 is 17.2 Å². The van der Waals surface area contributed by atoms with E-state index >= 15 is 0 Å². The van der Waals surface area contributed by atoms with Crippen LogP contribution >= 0.6 is 11.3 Å². The molecule has 0 bridgehead atoms. The van der Waals surface area contributed by atoms with Gasteiger partial charge in [-0.15, -0.1) is 11.3 Å². The first kappa shape index (κ1) is 23.8. The Morgan fingerprint density at radius 1 is 1.19 bits per heavy atom. The van der Waals surface area contributed by atoms with Crippen molar-refractivity contribution in [2.24, 2.45) is 0 Å². The van der Waals surface area contributed by atoms with E-state index < -0.39 is 17.8 Å². The molecular formula is C21H24F3N5O2S. The van der Waals surface area contributed by atoms with Crippen LogP contribution < -0.4 is 20.7 Å². The van der Waals surface area contributed by atoms with Crippen LogP contribution in [0, 0.1) is 0 Å². The Kier molecular flexibility index (Phi) is 7.89. The average Bonchev–Trinajstić information content (AvgIpc) is 3.42. The van der Waals surface area contributed by atoms with Crippen LogP contribution in [0.4, 0.5) is 13.2 Å². The molecule has 0 aliphatic carbocycles. The Bertz CT molecular complexity index is 1050. The molecule has 32 heavy (non-hydrogen) atoms. The summed E-state index contributed by atoms with van der Waals surface area (Å²) in [4.78, 5) is 13.7. The number of methoxy groups -OCH3 is 1. The number of carbonyl (C=O) groups is 1. The Morgan fingerprint density at radius 3 is 2.69 bits per heavy atom. The molecule has 0 saturated heterocycles. The monoisotopic (exact) mass is 467 g/mol. The molecule has 0 unspecified atom stereocenters. The lowest BCUT2D eigenvalue weighted by Gasteiger charge is -2.10. The zero-order valence-electron chi connectivity index (χ0n) is 17.6. The minimum Gasteiger partial charge on any atom is -0.496 e. The third-order valence-corrected chi connectivity index (χ3v) is 5.52. The molecule has 2 heterocycles. The van der Waals surface area contributed by atoms with Crippen LogP contribution in [0.2, 0.25) is 0 Å². The number of rotatable bonds is 10. The van der Waals surface area contributed by atoms with E-state index in [1.165, 1.54) is 18.4 Å². The van der Waals surface area contributed by atoms with E-state index in [1.807, 2.05) is 7.05 Å². The number of benzene rings is 1. The number of hydrogen-bond acceptors (Lipinski definition) is 6. The van der Waals surface area contributed by atoms with E-state index in [-0.39, 0.29) is 12.2 Å². The first-order valence-electron chi connectivity index (χ1n) is 9.84. The molecule has 0 saturated carbocycles. The fourth-order valence-corrected chi connectivity index (χ4v) is 3.81. The molecule has 0 atom stereocenters. The van der Waals surface area contributed by atoms with Gasteiger partial charge in [-0.25, -0.2) is 4.68 Å². The summed E-state index contributed by atoms with van der Waals surface area (Å²) in [5.41, 5.74) is -0.214. The molecule has 2 aromatic heterocycles. The molecule has 3 N–H and O–H groups in total. The van der Waals surface area contributed by atoms with Crippen LogP contribution in [0.1, 0.15) is 26.6 Å². The van der Waals surface area contributed by atoms with E-state index in [1.54, 1.807) is 35.7 Å².